The number of benzene rings is 2. The normalized spacial score (nSPS) is 12.4. The Morgan fingerprint density at radius 3 is 2.31 bits per heavy atom. The molecule has 0 saturated heterocycles. The van der Waals surface area contributed by atoms with Gasteiger partial charge in [-0.1, -0.05) is 23.7 Å². The van der Waals surface area contributed by atoms with Gasteiger partial charge in [-0.2, -0.15) is 18.3 Å². The van der Waals surface area contributed by atoms with Gasteiger partial charge < -0.3 is 5.11 Å². The van der Waals surface area contributed by atoms with Crippen molar-refractivity contribution in [2.45, 2.75) is 25.6 Å². The van der Waals surface area contributed by atoms with Gasteiger partial charge >= 0.3 is 6.18 Å². The molecule has 0 fully saturated rings. The van der Waals surface area contributed by atoms with Gasteiger partial charge in [0.2, 0.25) is 0 Å². The second kappa shape index (κ2) is 8.03. The summed E-state index contributed by atoms with van der Waals surface area (Å²) in [6.45, 7) is 3.18. The van der Waals surface area contributed by atoms with Gasteiger partial charge in [0.25, 0.3) is 0 Å². The number of nitrogens with zero attached hydrogens (tertiary/aromatic N) is 2. The Balaban J connectivity index is 1.85. The molecule has 166 valence electrons. The molecule has 2 aromatic heterocycles. The first-order valence-electron chi connectivity index (χ1n) is 9.50. The lowest BCUT2D eigenvalue weighted by Gasteiger charge is -2.13. The highest BCUT2D eigenvalue weighted by Gasteiger charge is 2.31. The third-order valence-corrected chi connectivity index (χ3v) is 6.30. The SMILES string of the molecule is CC(C)(O)c1cc(-c2ccc(-c3cc(C(F)(F)F)ccc3F)s2)n(-c2ccccc2Cl)n1. The number of halogens is 5. The van der Waals surface area contributed by atoms with Crippen molar-refractivity contribution in [1.82, 2.24) is 9.78 Å². The van der Waals surface area contributed by atoms with Crippen LogP contribution in [0.1, 0.15) is 25.1 Å². The molecule has 4 aromatic rings. The Hall–Kier alpha value is -2.68. The summed E-state index contributed by atoms with van der Waals surface area (Å²) < 4.78 is 55.3. The van der Waals surface area contributed by atoms with E-state index >= 15 is 0 Å². The van der Waals surface area contributed by atoms with Gasteiger partial charge in [-0.3, -0.25) is 0 Å². The number of thiophene rings is 1. The first kappa shape index (κ1) is 22.5. The van der Waals surface area contributed by atoms with E-state index in [1.165, 1.54) is 0 Å². The number of alkyl halides is 3. The third kappa shape index (κ3) is 4.30. The molecular weight excluding hydrogens is 464 g/mol. The van der Waals surface area contributed by atoms with Crippen LogP contribution in [-0.4, -0.2) is 14.9 Å². The van der Waals surface area contributed by atoms with Crippen LogP contribution in [0.25, 0.3) is 26.7 Å². The maximum Gasteiger partial charge on any atom is 0.416 e. The molecule has 32 heavy (non-hydrogen) atoms. The molecule has 3 nitrogen and oxygen atoms in total. The fourth-order valence-electron chi connectivity index (χ4n) is 3.17. The molecule has 2 heterocycles. The van der Waals surface area contributed by atoms with Gasteiger partial charge in [0.05, 0.1) is 32.5 Å². The van der Waals surface area contributed by atoms with Gasteiger partial charge in [0.15, 0.2) is 0 Å². The lowest BCUT2D eigenvalue weighted by molar-refractivity contribution is -0.137. The zero-order valence-corrected chi connectivity index (χ0v) is 18.5. The van der Waals surface area contributed by atoms with Crippen molar-refractivity contribution >= 4 is 22.9 Å². The van der Waals surface area contributed by atoms with Gasteiger partial charge in [-0.15, -0.1) is 11.3 Å². The van der Waals surface area contributed by atoms with Gasteiger partial charge in [0.1, 0.15) is 11.4 Å². The topological polar surface area (TPSA) is 38.0 Å². The van der Waals surface area contributed by atoms with Crippen molar-refractivity contribution in [2.24, 2.45) is 0 Å². The first-order chi connectivity index (χ1) is 14.9. The number of rotatable bonds is 4. The van der Waals surface area contributed by atoms with Crippen LogP contribution in [0.2, 0.25) is 5.02 Å². The smallest absolute Gasteiger partial charge is 0.384 e. The summed E-state index contributed by atoms with van der Waals surface area (Å²) in [5.74, 6) is -0.747. The predicted molar refractivity (Wildman–Crippen MR) is 118 cm³/mol. The number of aliphatic hydroxyl groups is 1. The van der Waals surface area contributed by atoms with Crippen molar-refractivity contribution in [3.63, 3.8) is 0 Å². The average Bonchev–Trinajstić information content (AvgIpc) is 3.34. The lowest BCUT2D eigenvalue weighted by atomic mass is 10.1. The number of hydrogen-bond donors (Lipinski definition) is 1. The van der Waals surface area contributed by atoms with Crippen molar-refractivity contribution in [3.8, 4) is 26.7 Å². The molecule has 0 saturated carbocycles. The van der Waals surface area contributed by atoms with Gasteiger partial charge in [-0.05, 0) is 62.4 Å². The van der Waals surface area contributed by atoms with Crippen molar-refractivity contribution in [3.05, 3.63) is 82.8 Å². The van der Waals surface area contributed by atoms with E-state index in [0.29, 0.717) is 31.9 Å². The van der Waals surface area contributed by atoms with E-state index in [4.69, 9.17) is 11.6 Å². The van der Waals surface area contributed by atoms with Crippen LogP contribution < -0.4 is 0 Å². The summed E-state index contributed by atoms with van der Waals surface area (Å²) in [4.78, 5) is 0.958. The van der Waals surface area contributed by atoms with Crippen LogP contribution >= 0.6 is 22.9 Å². The highest BCUT2D eigenvalue weighted by atomic mass is 35.5. The summed E-state index contributed by atoms with van der Waals surface area (Å²) in [7, 11) is 0. The molecule has 0 bridgehead atoms. The van der Waals surface area contributed by atoms with E-state index in [1.807, 2.05) is 0 Å². The molecule has 0 aliphatic carbocycles. The monoisotopic (exact) mass is 480 g/mol. The molecule has 0 spiro atoms. The van der Waals surface area contributed by atoms with Crippen molar-refractivity contribution in [2.75, 3.05) is 0 Å². The van der Waals surface area contributed by atoms with E-state index in [2.05, 4.69) is 5.10 Å². The van der Waals surface area contributed by atoms with Crippen LogP contribution in [0.15, 0.2) is 60.7 Å². The molecule has 0 aliphatic rings. The van der Waals surface area contributed by atoms with E-state index in [9.17, 15) is 22.7 Å². The Morgan fingerprint density at radius 1 is 0.969 bits per heavy atom. The van der Waals surface area contributed by atoms with E-state index < -0.39 is 23.2 Å². The van der Waals surface area contributed by atoms with Crippen molar-refractivity contribution < 1.29 is 22.7 Å². The Labute approximate surface area is 190 Å². The molecule has 2 aromatic carbocycles. The van der Waals surface area contributed by atoms with E-state index in [0.717, 1.165) is 29.5 Å². The van der Waals surface area contributed by atoms with Crippen LogP contribution in [0.4, 0.5) is 17.6 Å². The summed E-state index contributed by atoms with van der Waals surface area (Å²) in [5, 5.41) is 15.4. The largest absolute Gasteiger partial charge is 0.416 e. The fourth-order valence-corrected chi connectivity index (χ4v) is 4.41. The van der Waals surface area contributed by atoms with E-state index in [1.54, 1.807) is 61.0 Å². The molecule has 0 aliphatic heterocycles. The second-order valence-corrected chi connectivity index (χ2v) is 9.18. The third-order valence-electron chi connectivity index (χ3n) is 4.83. The molecule has 0 amide bonds. The molecule has 0 atom stereocenters. The quantitative estimate of drug-likeness (QED) is 0.311. The number of aromatic nitrogens is 2. The van der Waals surface area contributed by atoms with Crippen LogP contribution in [0, 0.1) is 5.82 Å². The second-order valence-electron chi connectivity index (χ2n) is 7.69. The standard InChI is InChI=1S/C23H17ClF4N2OS/c1-22(2,31)21-12-18(30(29-21)17-6-4-3-5-15(17)24)20-10-9-19(32-20)14-11-13(23(26,27)28)7-8-16(14)25/h3-12,31H,1-2H3. The lowest BCUT2D eigenvalue weighted by Crippen LogP contribution is -2.16. The summed E-state index contributed by atoms with van der Waals surface area (Å²) >= 11 is 7.47. The fraction of sp³-hybridized carbons (Fsp3) is 0.174. The highest BCUT2D eigenvalue weighted by Crippen LogP contribution is 2.40. The molecular formula is C23H17ClF4N2OS. The summed E-state index contributed by atoms with van der Waals surface area (Å²) in [5.41, 5.74) is -0.780. The minimum absolute atomic E-state index is 0.136. The minimum Gasteiger partial charge on any atom is -0.384 e. The Morgan fingerprint density at radius 2 is 1.66 bits per heavy atom. The maximum atomic E-state index is 14.4. The number of para-hydroxylation sites is 1. The van der Waals surface area contributed by atoms with Crippen LogP contribution in [0.3, 0.4) is 0 Å². The Bertz CT molecular complexity index is 1290. The van der Waals surface area contributed by atoms with Gasteiger partial charge in [-0.25, -0.2) is 9.07 Å². The van der Waals surface area contributed by atoms with Gasteiger partial charge in [0, 0.05) is 10.4 Å². The van der Waals surface area contributed by atoms with Crippen LogP contribution in [-0.2, 0) is 11.8 Å². The molecule has 0 unspecified atom stereocenters. The average molecular weight is 481 g/mol. The Kier molecular flexibility index (Phi) is 5.65. The minimum atomic E-state index is -4.58. The molecule has 9 heteroatoms. The predicted octanol–water partition coefficient (Wildman–Crippen LogP) is 7.31. The zero-order valence-electron chi connectivity index (χ0n) is 16.9. The van der Waals surface area contributed by atoms with E-state index in [-0.39, 0.29) is 5.56 Å². The summed E-state index contributed by atoms with van der Waals surface area (Å²) in [6.07, 6.45) is -4.58. The highest BCUT2D eigenvalue weighted by molar-refractivity contribution is 7.18. The maximum absolute atomic E-state index is 14.4. The number of hydrogen-bond acceptors (Lipinski definition) is 3. The zero-order chi connectivity index (χ0) is 23.3. The first-order valence-corrected chi connectivity index (χ1v) is 10.7. The summed E-state index contributed by atoms with van der Waals surface area (Å²) in [6, 6.07) is 14.3. The molecule has 1 N–H and O–H groups in total. The molecule has 4 rings (SSSR count). The van der Waals surface area contributed by atoms with Crippen LogP contribution in [0.5, 0.6) is 0 Å². The van der Waals surface area contributed by atoms with Crippen molar-refractivity contribution in [1.29, 1.82) is 0 Å². The molecule has 0 radical (unpaired) electrons.